The number of hydrogen-bond donors (Lipinski definition) is 0. The fourth-order valence-electron chi connectivity index (χ4n) is 3.87. The minimum absolute atomic E-state index is 0.0483. The van der Waals surface area contributed by atoms with Gasteiger partial charge in [0.15, 0.2) is 11.8 Å². The molecule has 0 saturated carbocycles. The second-order valence-corrected chi connectivity index (χ2v) is 7.33. The van der Waals surface area contributed by atoms with Gasteiger partial charge in [-0.2, -0.15) is 5.10 Å². The molecule has 0 aliphatic carbocycles. The van der Waals surface area contributed by atoms with Crippen molar-refractivity contribution in [2.24, 2.45) is 7.05 Å². The van der Waals surface area contributed by atoms with Gasteiger partial charge >= 0.3 is 0 Å². The Kier molecular flexibility index (Phi) is 5.42. The molecule has 0 N–H and O–H groups in total. The molecule has 0 unspecified atom stereocenters. The lowest BCUT2D eigenvalue weighted by Crippen LogP contribution is -2.46. The SMILES string of the molecule is CC[C@@H](Oc1ccc(F)cc1)C(=O)N1CCC[C@@H](c2nn(C)c3nccnc23)C1. The van der Waals surface area contributed by atoms with Crippen LogP contribution in [0.3, 0.4) is 0 Å². The summed E-state index contributed by atoms with van der Waals surface area (Å²) in [6, 6.07) is 5.75. The maximum Gasteiger partial charge on any atom is 0.263 e. The highest BCUT2D eigenvalue weighted by molar-refractivity contribution is 5.81. The molecule has 0 bridgehead atoms. The van der Waals surface area contributed by atoms with E-state index < -0.39 is 6.10 Å². The molecule has 2 aromatic heterocycles. The first-order valence-electron chi connectivity index (χ1n) is 9.91. The molecule has 1 saturated heterocycles. The number of amides is 1. The van der Waals surface area contributed by atoms with Gasteiger partial charge in [0, 0.05) is 38.4 Å². The van der Waals surface area contributed by atoms with E-state index >= 15 is 0 Å². The third-order valence-electron chi connectivity index (χ3n) is 5.34. The van der Waals surface area contributed by atoms with Crippen LogP contribution in [0.2, 0.25) is 0 Å². The molecular formula is C21H24FN5O2. The average Bonchev–Trinajstić information content (AvgIpc) is 3.10. The van der Waals surface area contributed by atoms with Crippen molar-refractivity contribution in [3.05, 3.63) is 48.2 Å². The van der Waals surface area contributed by atoms with Crippen LogP contribution >= 0.6 is 0 Å². The number of benzene rings is 1. The standard InChI is InChI=1S/C21H24FN5O2/c1-3-17(29-16-8-6-15(22)7-9-16)21(28)27-12-4-5-14(13-27)18-19-20(26(2)25-18)24-11-10-23-19/h6-11,14,17H,3-5,12-13H2,1-2H3/t14-,17-/m1/s1. The number of ether oxygens (including phenoxy) is 1. The maximum atomic E-state index is 13.1. The Morgan fingerprint density at radius 3 is 2.79 bits per heavy atom. The van der Waals surface area contributed by atoms with Crippen LogP contribution < -0.4 is 4.74 Å². The molecule has 2 atom stereocenters. The number of aromatic nitrogens is 4. The topological polar surface area (TPSA) is 73.1 Å². The van der Waals surface area contributed by atoms with Crippen LogP contribution in [0.15, 0.2) is 36.7 Å². The molecule has 3 heterocycles. The molecule has 1 aromatic carbocycles. The smallest absolute Gasteiger partial charge is 0.263 e. The molecular weight excluding hydrogens is 373 g/mol. The zero-order valence-electron chi connectivity index (χ0n) is 16.6. The monoisotopic (exact) mass is 397 g/mol. The van der Waals surface area contributed by atoms with Gasteiger partial charge in [-0.1, -0.05) is 6.92 Å². The summed E-state index contributed by atoms with van der Waals surface area (Å²) < 4.78 is 20.7. The summed E-state index contributed by atoms with van der Waals surface area (Å²) in [5, 5.41) is 4.64. The van der Waals surface area contributed by atoms with E-state index in [1.54, 1.807) is 29.2 Å². The van der Waals surface area contributed by atoms with Crippen molar-refractivity contribution >= 4 is 17.1 Å². The van der Waals surface area contributed by atoms with Gasteiger partial charge in [-0.15, -0.1) is 0 Å². The van der Waals surface area contributed by atoms with Crippen molar-refractivity contribution in [1.29, 1.82) is 0 Å². The highest BCUT2D eigenvalue weighted by Crippen LogP contribution is 2.30. The number of hydrogen-bond acceptors (Lipinski definition) is 5. The van der Waals surface area contributed by atoms with E-state index in [1.807, 2.05) is 18.9 Å². The number of halogens is 1. The molecule has 1 aliphatic heterocycles. The van der Waals surface area contributed by atoms with Gasteiger partial charge < -0.3 is 9.64 Å². The van der Waals surface area contributed by atoms with Gasteiger partial charge in [-0.25, -0.2) is 19.0 Å². The molecule has 7 nitrogen and oxygen atoms in total. The molecule has 1 fully saturated rings. The molecule has 29 heavy (non-hydrogen) atoms. The van der Waals surface area contributed by atoms with Gasteiger partial charge in [-0.05, 0) is 43.5 Å². The number of nitrogens with zero attached hydrogens (tertiary/aromatic N) is 5. The predicted molar refractivity (Wildman–Crippen MR) is 106 cm³/mol. The highest BCUT2D eigenvalue weighted by atomic mass is 19.1. The predicted octanol–water partition coefficient (Wildman–Crippen LogP) is 3.07. The van der Waals surface area contributed by atoms with Crippen molar-refractivity contribution in [3.8, 4) is 5.75 Å². The lowest BCUT2D eigenvalue weighted by atomic mass is 9.94. The third-order valence-corrected chi connectivity index (χ3v) is 5.34. The van der Waals surface area contributed by atoms with E-state index in [0.29, 0.717) is 25.3 Å². The van der Waals surface area contributed by atoms with Crippen LogP contribution in [0, 0.1) is 5.82 Å². The Bertz CT molecular complexity index is 1000. The van der Waals surface area contributed by atoms with Crippen LogP contribution in [-0.2, 0) is 11.8 Å². The van der Waals surface area contributed by atoms with Gasteiger partial charge in [0.1, 0.15) is 17.1 Å². The maximum absolute atomic E-state index is 13.1. The van der Waals surface area contributed by atoms with Gasteiger partial charge in [0.05, 0.1) is 5.69 Å². The minimum Gasteiger partial charge on any atom is -0.481 e. The van der Waals surface area contributed by atoms with Gasteiger partial charge in [0.2, 0.25) is 0 Å². The number of carbonyl (C=O) groups excluding carboxylic acids is 1. The normalized spacial score (nSPS) is 18.0. The number of likely N-dealkylation sites (tertiary alicyclic amines) is 1. The summed E-state index contributed by atoms with van der Waals surface area (Å²) in [6.07, 6.45) is 5.10. The van der Waals surface area contributed by atoms with Gasteiger partial charge in [-0.3, -0.25) is 4.79 Å². The number of fused-ring (bicyclic) bond motifs is 1. The Morgan fingerprint density at radius 1 is 1.28 bits per heavy atom. The molecule has 4 rings (SSSR count). The Labute approximate surface area is 168 Å². The summed E-state index contributed by atoms with van der Waals surface area (Å²) in [7, 11) is 1.86. The van der Waals surface area contributed by atoms with Gasteiger partial charge in [0.25, 0.3) is 5.91 Å². The Hall–Kier alpha value is -3.03. The van der Waals surface area contributed by atoms with E-state index in [-0.39, 0.29) is 17.6 Å². The number of aryl methyl sites for hydroxylation is 1. The second kappa shape index (κ2) is 8.14. The minimum atomic E-state index is -0.598. The summed E-state index contributed by atoms with van der Waals surface area (Å²) in [5.41, 5.74) is 2.43. The first kappa shape index (κ1) is 19.3. The Balaban J connectivity index is 1.50. The molecule has 152 valence electrons. The summed E-state index contributed by atoms with van der Waals surface area (Å²) in [6.45, 7) is 3.18. The Morgan fingerprint density at radius 2 is 2.03 bits per heavy atom. The number of rotatable bonds is 5. The van der Waals surface area contributed by atoms with Crippen LogP contribution in [0.25, 0.3) is 11.2 Å². The molecule has 1 aliphatic rings. The van der Waals surface area contributed by atoms with E-state index in [4.69, 9.17) is 4.74 Å². The zero-order valence-corrected chi connectivity index (χ0v) is 16.6. The molecule has 3 aromatic rings. The van der Waals surface area contributed by atoms with Crippen molar-refractivity contribution in [2.45, 2.75) is 38.2 Å². The zero-order chi connectivity index (χ0) is 20.4. The average molecular weight is 397 g/mol. The highest BCUT2D eigenvalue weighted by Gasteiger charge is 2.32. The van der Waals surface area contributed by atoms with E-state index in [2.05, 4.69) is 15.1 Å². The molecule has 8 heteroatoms. The lowest BCUT2D eigenvalue weighted by Gasteiger charge is -2.34. The summed E-state index contributed by atoms with van der Waals surface area (Å²) >= 11 is 0. The van der Waals surface area contributed by atoms with Crippen molar-refractivity contribution < 1.29 is 13.9 Å². The number of carbonyl (C=O) groups is 1. The van der Waals surface area contributed by atoms with E-state index in [0.717, 1.165) is 29.7 Å². The largest absolute Gasteiger partial charge is 0.481 e. The third kappa shape index (κ3) is 3.92. The molecule has 0 spiro atoms. The lowest BCUT2D eigenvalue weighted by molar-refractivity contribution is -0.140. The van der Waals surface area contributed by atoms with E-state index in [1.165, 1.54) is 12.1 Å². The fraction of sp³-hybridized carbons (Fsp3) is 0.429. The summed E-state index contributed by atoms with van der Waals surface area (Å²) in [5.74, 6) is 0.219. The van der Waals surface area contributed by atoms with Crippen LogP contribution in [-0.4, -0.2) is 49.7 Å². The van der Waals surface area contributed by atoms with Crippen LogP contribution in [0.1, 0.15) is 37.8 Å². The number of piperidine rings is 1. The van der Waals surface area contributed by atoms with Crippen molar-refractivity contribution in [1.82, 2.24) is 24.6 Å². The van der Waals surface area contributed by atoms with Crippen molar-refractivity contribution in [2.75, 3.05) is 13.1 Å². The quantitative estimate of drug-likeness (QED) is 0.662. The van der Waals surface area contributed by atoms with Crippen molar-refractivity contribution in [3.63, 3.8) is 0 Å². The van der Waals surface area contributed by atoms with Crippen LogP contribution in [0.5, 0.6) is 5.75 Å². The second-order valence-electron chi connectivity index (χ2n) is 7.33. The first-order valence-corrected chi connectivity index (χ1v) is 9.91. The summed E-state index contributed by atoms with van der Waals surface area (Å²) in [4.78, 5) is 23.8. The molecule has 0 radical (unpaired) electrons. The fourth-order valence-corrected chi connectivity index (χ4v) is 3.87. The molecule has 1 amide bonds. The first-order chi connectivity index (χ1) is 14.1. The van der Waals surface area contributed by atoms with E-state index in [9.17, 15) is 9.18 Å². The van der Waals surface area contributed by atoms with Crippen LogP contribution in [0.4, 0.5) is 4.39 Å².